The van der Waals surface area contributed by atoms with E-state index in [0.717, 1.165) is 56.1 Å². The molecule has 0 saturated carbocycles. The molecule has 2 rings (SSSR count). The molecule has 212 valence electrons. The van der Waals surface area contributed by atoms with Crippen molar-refractivity contribution in [1.29, 1.82) is 0 Å². The smallest absolute Gasteiger partial charge is 0.325 e. The highest BCUT2D eigenvalue weighted by molar-refractivity contribution is 7.80. The third kappa shape index (κ3) is 9.44. The molecule has 2 heterocycles. The molecule has 9 heteroatoms. The summed E-state index contributed by atoms with van der Waals surface area (Å²) < 4.78 is 0. The maximum atomic E-state index is 12.5. The van der Waals surface area contributed by atoms with E-state index >= 15 is 0 Å². The van der Waals surface area contributed by atoms with Crippen molar-refractivity contribution in [3.8, 4) is 0 Å². The van der Waals surface area contributed by atoms with Gasteiger partial charge in [0, 0.05) is 26.2 Å². The Morgan fingerprint density at radius 2 is 1.24 bits per heavy atom. The summed E-state index contributed by atoms with van der Waals surface area (Å²) in [6.07, 6.45) is 4.51. The zero-order valence-electron chi connectivity index (χ0n) is 24.0. The van der Waals surface area contributed by atoms with Crippen molar-refractivity contribution in [3.05, 3.63) is 12.4 Å². The average Bonchev–Trinajstić information content (AvgIpc) is 3.25. The van der Waals surface area contributed by atoms with E-state index < -0.39 is 6.10 Å². The second-order valence-corrected chi connectivity index (χ2v) is 13.3. The summed E-state index contributed by atoms with van der Waals surface area (Å²) in [6.45, 7) is 21.2. The zero-order valence-corrected chi connectivity index (χ0v) is 25.6. The molecule has 2 amide bonds. The zero-order chi connectivity index (χ0) is 28.0. The van der Waals surface area contributed by atoms with Crippen LogP contribution in [-0.2, 0) is 0 Å². The highest BCUT2D eigenvalue weighted by Gasteiger charge is 2.36. The number of amides is 2. The van der Waals surface area contributed by atoms with Gasteiger partial charge in [-0.15, -0.1) is 0 Å². The molecule has 0 bridgehead atoms. The van der Waals surface area contributed by atoms with Crippen LogP contribution < -0.4 is 0 Å². The molecule has 37 heavy (non-hydrogen) atoms. The van der Waals surface area contributed by atoms with Gasteiger partial charge in [0.1, 0.15) is 15.8 Å². The summed E-state index contributed by atoms with van der Waals surface area (Å²) in [5.41, 5.74) is -0.122. The molecule has 0 aromatic carbocycles. The largest absolute Gasteiger partial charge is 0.393 e. The lowest BCUT2D eigenvalue weighted by molar-refractivity contribution is 0.103. The predicted octanol–water partition coefficient (Wildman–Crippen LogP) is 5.01. The molecule has 2 atom stereocenters. The standard InChI is InChI=1S/C28H50N4O3S2/c1-8-29-17-24(36)31(21(29)3)19-27(4,5)15-13-22(33)11-10-12-23(34)14-16-28(6,7)20-32-25(37)18-30(9-2)26(32)35/h22-23,33-34H,3,8-20H2,1-2,4-7H3. The van der Waals surface area contributed by atoms with Crippen molar-refractivity contribution in [2.24, 2.45) is 10.8 Å². The van der Waals surface area contributed by atoms with E-state index in [0.29, 0.717) is 43.9 Å². The van der Waals surface area contributed by atoms with E-state index in [2.05, 4.69) is 51.0 Å². The number of thiocarbonyl (C=S) groups is 2. The molecule has 0 radical (unpaired) electrons. The van der Waals surface area contributed by atoms with Gasteiger partial charge in [-0.2, -0.15) is 0 Å². The minimum atomic E-state index is -0.403. The molecular formula is C28H50N4O3S2. The summed E-state index contributed by atoms with van der Waals surface area (Å²) in [7, 11) is 0. The Bertz CT molecular complexity index is 766. The molecule has 2 saturated heterocycles. The first-order chi connectivity index (χ1) is 17.2. The Balaban J connectivity index is 1.66. The number of aliphatic hydroxyl groups excluding tert-OH is 2. The number of aliphatic hydroxyl groups is 2. The van der Waals surface area contributed by atoms with Crippen LogP contribution >= 0.6 is 24.4 Å². The van der Waals surface area contributed by atoms with Crippen LogP contribution in [0.25, 0.3) is 0 Å². The number of carbonyl (C=O) groups is 1. The summed E-state index contributed by atoms with van der Waals surface area (Å²) in [6, 6.07) is -0.00528. The van der Waals surface area contributed by atoms with E-state index in [4.69, 9.17) is 24.4 Å². The van der Waals surface area contributed by atoms with Gasteiger partial charge in [-0.05, 0) is 69.6 Å². The van der Waals surface area contributed by atoms with Gasteiger partial charge in [0.2, 0.25) is 0 Å². The van der Waals surface area contributed by atoms with Gasteiger partial charge in [-0.3, -0.25) is 4.90 Å². The van der Waals surface area contributed by atoms with Crippen LogP contribution in [0.5, 0.6) is 0 Å². The monoisotopic (exact) mass is 554 g/mol. The van der Waals surface area contributed by atoms with Gasteiger partial charge in [-0.25, -0.2) is 4.79 Å². The van der Waals surface area contributed by atoms with E-state index in [1.54, 1.807) is 9.80 Å². The highest BCUT2D eigenvalue weighted by Crippen LogP contribution is 2.31. The molecule has 2 N–H and O–H groups in total. The third-order valence-corrected chi connectivity index (χ3v) is 8.45. The van der Waals surface area contributed by atoms with Crippen molar-refractivity contribution in [3.63, 3.8) is 0 Å². The fourth-order valence-corrected chi connectivity index (χ4v) is 5.76. The minimum absolute atomic E-state index is 0.00528. The van der Waals surface area contributed by atoms with Crippen LogP contribution in [0, 0.1) is 10.8 Å². The fourth-order valence-electron chi connectivity index (χ4n) is 5.13. The number of rotatable bonds is 16. The number of hydrogen-bond donors (Lipinski definition) is 2. The van der Waals surface area contributed by atoms with Crippen LogP contribution in [0.3, 0.4) is 0 Å². The molecule has 0 aromatic heterocycles. The van der Waals surface area contributed by atoms with Crippen LogP contribution in [0.2, 0.25) is 0 Å². The number of urea groups is 1. The number of carbonyl (C=O) groups excluding carboxylic acids is 1. The molecule has 2 aliphatic heterocycles. The second-order valence-electron chi connectivity index (χ2n) is 12.3. The highest BCUT2D eigenvalue weighted by atomic mass is 32.1. The Kier molecular flexibility index (Phi) is 11.8. The molecule has 2 fully saturated rings. The van der Waals surface area contributed by atoms with Crippen molar-refractivity contribution in [1.82, 2.24) is 19.6 Å². The summed E-state index contributed by atoms with van der Waals surface area (Å²) in [5.74, 6) is 0.982. The first-order valence-corrected chi connectivity index (χ1v) is 14.7. The fraction of sp³-hybridized carbons (Fsp3) is 0.821. The number of hydrogen-bond acceptors (Lipinski definition) is 6. The van der Waals surface area contributed by atoms with Crippen LogP contribution in [0.15, 0.2) is 12.4 Å². The van der Waals surface area contributed by atoms with Gasteiger partial charge < -0.3 is 24.9 Å². The Labute approximate surface area is 235 Å². The molecule has 2 unspecified atom stereocenters. The molecular weight excluding hydrogens is 504 g/mol. The maximum Gasteiger partial charge on any atom is 0.325 e. The topological polar surface area (TPSA) is 70.5 Å². The van der Waals surface area contributed by atoms with Crippen LogP contribution in [-0.4, -0.2) is 97.3 Å². The summed E-state index contributed by atoms with van der Waals surface area (Å²) in [4.78, 5) is 21.9. The maximum absolute atomic E-state index is 12.5. The van der Waals surface area contributed by atoms with E-state index in [1.165, 1.54) is 0 Å². The molecule has 0 aliphatic carbocycles. The molecule has 2 aliphatic rings. The quantitative estimate of drug-likeness (QED) is 0.260. The van der Waals surface area contributed by atoms with Crippen molar-refractivity contribution in [2.75, 3.05) is 39.3 Å². The Hall–Kier alpha value is -1.29. The second kappa shape index (κ2) is 13.7. The Morgan fingerprint density at radius 3 is 1.68 bits per heavy atom. The van der Waals surface area contributed by atoms with Crippen molar-refractivity contribution >= 4 is 40.4 Å². The van der Waals surface area contributed by atoms with Gasteiger partial charge in [0.25, 0.3) is 0 Å². The molecule has 0 spiro atoms. The lowest BCUT2D eigenvalue weighted by atomic mass is 9.84. The van der Waals surface area contributed by atoms with Gasteiger partial charge in [0.15, 0.2) is 0 Å². The average molecular weight is 555 g/mol. The minimum Gasteiger partial charge on any atom is -0.393 e. The SMILES string of the molecule is C=C1N(CC)CC(=S)N1CC(C)(C)CCC(O)CCCC(O)CCC(C)(C)CN1C(=O)N(CC)CC1=S. The third-order valence-electron chi connectivity index (χ3n) is 7.75. The van der Waals surface area contributed by atoms with Gasteiger partial charge in [-0.1, -0.05) is 58.7 Å². The van der Waals surface area contributed by atoms with Crippen LogP contribution in [0.4, 0.5) is 4.79 Å². The molecule has 0 aromatic rings. The van der Waals surface area contributed by atoms with E-state index in [1.807, 2.05) is 6.92 Å². The van der Waals surface area contributed by atoms with E-state index in [-0.39, 0.29) is 23.0 Å². The lowest BCUT2D eigenvalue weighted by Gasteiger charge is -2.32. The van der Waals surface area contributed by atoms with E-state index in [9.17, 15) is 15.0 Å². The first-order valence-electron chi connectivity index (χ1n) is 13.9. The number of likely N-dealkylation sites (N-methyl/N-ethyl adjacent to an activating group) is 2. The summed E-state index contributed by atoms with van der Waals surface area (Å²) >= 11 is 11.0. The summed E-state index contributed by atoms with van der Waals surface area (Å²) in [5, 5.41) is 21.1. The van der Waals surface area contributed by atoms with Crippen molar-refractivity contribution < 1.29 is 15.0 Å². The number of nitrogens with zero attached hydrogens (tertiary/aromatic N) is 4. The lowest BCUT2D eigenvalue weighted by Crippen LogP contribution is -2.39. The van der Waals surface area contributed by atoms with Gasteiger partial charge in [0.05, 0.1) is 25.3 Å². The van der Waals surface area contributed by atoms with Crippen LogP contribution in [0.1, 0.15) is 86.5 Å². The predicted molar refractivity (Wildman–Crippen MR) is 160 cm³/mol. The normalized spacial score (nSPS) is 19.0. The Morgan fingerprint density at radius 1 is 0.811 bits per heavy atom. The van der Waals surface area contributed by atoms with Gasteiger partial charge >= 0.3 is 6.03 Å². The van der Waals surface area contributed by atoms with Crippen molar-refractivity contribution in [2.45, 2.75) is 98.7 Å². The molecule has 7 nitrogen and oxygen atoms in total. The first kappa shape index (κ1) is 31.9.